The Hall–Kier alpha value is -0.610. The zero-order chi connectivity index (χ0) is 12.0. The van der Waals surface area contributed by atoms with E-state index in [1.807, 2.05) is 0 Å². The number of nitrogens with two attached hydrogens (primary N) is 1. The van der Waals surface area contributed by atoms with Crippen LogP contribution in [0.15, 0.2) is 0 Å². The number of rotatable bonds is 5. The Morgan fingerprint density at radius 2 is 2.31 bits per heavy atom. The zero-order valence-electron chi connectivity index (χ0n) is 10.5. The van der Waals surface area contributed by atoms with Gasteiger partial charge in [0, 0.05) is 26.1 Å². The summed E-state index contributed by atoms with van der Waals surface area (Å²) >= 11 is 0. The van der Waals surface area contributed by atoms with Crippen molar-refractivity contribution in [2.24, 2.45) is 11.7 Å². The molecule has 3 N–H and O–H groups in total. The summed E-state index contributed by atoms with van der Waals surface area (Å²) in [6.45, 7) is 5.16. The van der Waals surface area contributed by atoms with Crippen LogP contribution in [-0.4, -0.2) is 43.5 Å². The molecule has 4 heteroatoms. The van der Waals surface area contributed by atoms with Gasteiger partial charge in [-0.1, -0.05) is 6.92 Å². The number of likely N-dealkylation sites (tertiary alicyclic amines) is 1. The minimum atomic E-state index is 0.134. The molecule has 2 atom stereocenters. The van der Waals surface area contributed by atoms with Crippen LogP contribution in [0.1, 0.15) is 32.6 Å². The molecule has 2 unspecified atom stereocenters. The van der Waals surface area contributed by atoms with Crippen molar-refractivity contribution in [1.29, 1.82) is 0 Å². The van der Waals surface area contributed by atoms with Gasteiger partial charge < -0.3 is 11.1 Å². The maximum absolute atomic E-state index is 11.1. The van der Waals surface area contributed by atoms with Crippen molar-refractivity contribution in [3.8, 4) is 0 Å². The first-order valence-corrected chi connectivity index (χ1v) is 6.33. The predicted octanol–water partition coefficient (Wildman–Crippen LogP) is 0.572. The fourth-order valence-electron chi connectivity index (χ4n) is 2.56. The van der Waals surface area contributed by atoms with E-state index in [0.717, 1.165) is 26.1 Å². The summed E-state index contributed by atoms with van der Waals surface area (Å²) < 4.78 is 0. The number of hydrogen-bond acceptors (Lipinski definition) is 3. The van der Waals surface area contributed by atoms with Crippen molar-refractivity contribution in [1.82, 2.24) is 10.2 Å². The Kier molecular flexibility index (Phi) is 5.77. The van der Waals surface area contributed by atoms with Gasteiger partial charge in [-0.25, -0.2) is 0 Å². The third-order valence-electron chi connectivity index (χ3n) is 3.60. The second kappa shape index (κ2) is 6.86. The Bertz CT molecular complexity index is 220. The van der Waals surface area contributed by atoms with E-state index in [4.69, 9.17) is 5.73 Å². The smallest absolute Gasteiger partial charge is 0.219 e. The van der Waals surface area contributed by atoms with Gasteiger partial charge in [-0.05, 0) is 38.3 Å². The fourth-order valence-corrected chi connectivity index (χ4v) is 2.56. The lowest BCUT2D eigenvalue weighted by molar-refractivity contribution is -0.120. The molecular formula is C12H25N3O. The molecule has 1 heterocycles. The highest BCUT2D eigenvalue weighted by Gasteiger charge is 2.26. The van der Waals surface area contributed by atoms with Crippen LogP contribution in [0.2, 0.25) is 0 Å². The van der Waals surface area contributed by atoms with Crippen LogP contribution < -0.4 is 11.1 Å². The quantitative estimate of drug-likeness (QED) is 0.722. The molecule has 0 aromatic carbocycles. The Labute approximate surface area is 98.6 Å². The molecule has 1 saturated heterocycles. The molecule has 1 aliphatic rings. The first-order chi connectivity index (χ1) is 7.69. The number of carbonyl (C=O) groups is 1. The highest BCUT2D eigenvalue weighted by atomic mass is 16.1. The number of carbonyl (C=O) groups excluding carboxylic acids is 1. The van der Waals surface area contributed by atoms with E-state index in [-0.39, 0.29) is 5.91 Å². The van der Waals surface area contributed by atoms with Crippen LogP contribution in [0.3, 0.4) is 0 Å². The molecule has 4 nitrogen and oxygen atoms in total. The molecule has 0 radical (unpaired) electrons. The van der Waals surface area contributed by atoms with Crippen LogP contribution in [0.4, 0.5) is 0 Å². The maximum atomic E-state index is 11.1. The van der Waals surface area contributed by atoms with E-state index in [1.54, 1.807) is 7.05 Å². The molecule has 16 heavy (non-hydrogen) atoms. The predicted molar refractivity (Wildman–Crippen MR) is 66.1 cm³/mol. The van der Waals surface area contributed by atoms with E-state index in [2.05, 4.69) is 17.1 Å². The SMILES string of the molecule is CNC(=O)CCCN1CCCC(C)C1CN. The summed E-state index contributed by atoms with van der Waals surface area (Å²) in [6, 6.07) is 0.512. The molecule has 1 aliphatic heterocycles. The minimum absolute atomic E-state index is 0.134. The molecule has 0 saturated carbocycles. The van der Waals surface area contributed by atoms with E-state index >= 15 is 0 Å². The normalized spacial score (nSPS) is 26.7. The van der Waals surface area contributed by atoms with Crippen molar-refractivity contribution >= 4 is 5.91 Å². The van der Waals surface area contributed by atoms with Crippen molar-refractivity contribution in [3.63, 3.8) is 0 Å². The number of piperidine rings is 1. The summed E-state index contributed by atoms with van der Waals surface area (Å²) in [5.74, 6) is 0.827. The lowest BCUT2D eigenvalue weighted by Gasteiger charge is -2.39. The first kappa shape index (κ1) is 13.5. The molecule has 0 bridgehead atoms. The molecule has 1 amide bonds. The van der Waals surface area contributed by atoms with Gasteiger partial charge in [0.05, 0.1) is 0 Å². The average Bonchev–Trinajstić information content (AvgIpc) is 2.29. The van der Waals surface area contributed by atoms with Gasteiger partial charge in [0.2, 0.25) is 5.91 Å². The molecule has 94 valence electrons. The maximum Gasteiger partial charge on any atom is 0.219 e. The largest absolute Gasteiger partial charge is 0.359 e. The summed E-state index contributed by atoms with van der Waals surface area (Å²) in [6.07, 6.45) is 4.10. The van der Waals surface area contributed by atoms with Crippen molar-refractivity contribution in [2.45, 2.75) is 38.6 Å². The molecule has 0 aliphatic carbocycles. The van der Waals surface area contributed by atoms with E-state index in [9.17, 15) is 4.79 Å². The summed E-state index contributed by atoms with van der Waals surface area (Å²) in [5.41, 5.74) is 5.82. The second-order valence-corrected chi connectivity index (χ2v) is 4.74. The Balaban J connectivity index is 2.31. The van der Waals surface area contributed by atoms with Crippen molar-refractivity contribution in [3.05, 3.63) is 0 Å². The minimum Gasteiger partial charge on any atom is -0.359 e. The van der Waals surface area contributed by atoms with Crippen molar-refractivity contribution < 1.29 is 4.79 Å². The molecule has 0 aromatic rings. The molecule has 0 spiro atoms. The van der Waals surface area contributed by atoms with Crippen molar-refractivity contribution in [2.75, 3.05) is 26.7 Å². The highest BCUT2D eigenvalue weighted by molar-refractivity contribution is 5.75. The summed E-state index contributed by atoms with van der Waals surface area (Å²) in [4.78, 5) is 13.6. The van der Waals surface area contributed by atoms with Gasteiger partial charge in [-0.15, -0.1) is 0 Å². The van der Waals surface area contributed by atoms with Crippen LogP contribution in [-0.2, 0) is 4.79 Å². The third kappa shape index (κ3) is 3.76. The zero-order valence-corrected chi connectivity index (χ0v) is 10.5. The van der Waals surface area contributed by atoms with E-state index < -0.39 is 0 Å². The monoisotopic (exact) mass is 227 g/mol. The van der Waals surface area contributed by atoms with Crippen LogP contribution in [0, 0.1) is 5.92 Å². The molecule has 0 aromatic heterocycles. The number of amides is 1. The Morgan fingerprint density at radius 1 is 1.56 bits per heavy atom. The number of nitrogens with one attached hydrogen (secondary N) is 1. The molecule has 1 rings (SSSR count). The van der Waals surface area contributed by atoms with Gasteiger partial charge in [-0.2, -0.15) is 0 Å². The standard InChI is InChI=1S/C12H25N3O/c1-10-5-3-7-15(11(10)9-13)8-4-6-12(16)14-2/h10-11H,3-9,13H2,1-2H3,(H,14,16). The molecular weight excluding hydrogens is 202 g/mol. The fraction of sp³-hybridized carbons (Fsp3) is 0.917. The average molecular weight is 227 g/mol. The molecule has 1 fully saturated rings. The van der Waals surface area contributed by atoms with E-state index in [1.165, 1.54) is 12.8 Å². The number of hydrogen-bond donors (Lipinski definition) is 2. The van der Waals surface area contributed by atoms with Crippen LogP contribution >= 0.6 is 0 Å². The second-order valence-electron chi connectivity index (χ2n) is 4.74. The third-order valence-corrected chi connectivity index (χ3v) is 3.60. The summed E-state index contributed by atoms with van der Waals surface area (Å²) in [7, 11) is 1.69. The lowest BCUT2D eigenvalue weighted by atomic mass is 9.90. The van der Waals surface area contributed by atoms with Gasteiger partial charge >= 0.3 is 0 Å². The van der Waals surface area contributed by atoms with Crippen LogP contribution in [0.5, 0.6) is 0 Å². The van der Waals surface area contributed by atoms with E-state index in [0.29, 0.717) is 18.4 Å². The topological polar surface area (TPSA) is 58.4 Å². The van der Waals surface area contributed by atoms with Crippen LogP contribution in [0.25, 0.3) is 0 Å². The lowest BCUT2D eigenvalue weighted by Crippen LogP contribution is -2.48. The number of nitrogens with zero attached hydrogens (tertiary/aromatic N) is 1. The summed E-state index contributed by atoms with van der Waals surface area (Å²) in [5, 5.41) is 2.65. The van der Waals surface area contributed by atoms with Gasteiger partial charge in [0.15, 0.2) is 0 Å². The highest BCUT2D eigenvalue weighted by Crippen LogP contribution is 2.22. The van der Waals surface area contributed by atoms with Gasteiger partial charge in [0.1, 0.15) is 0 Å². The first-order valence-electron chi connectivity index (χ1n) is 6.33. The van der Waals surface area contributed by atoms with Gasteiger partial charge in [-0.3, -0.25) is 9.69 Å². The van der Waals surface area contributed by atoms with Gasteiger partial charge in [0.25, 0.3) is 0 Å². The Morgan fingerprint density at radius 3 is 2.94 bits per heavy atom.